The van der Waals surface area contributed by atoms with Crippen molar-refractivity contribution >= 4 is 11.5 Å². The summed E-state index contributed by atoms with van der Waals surface area (Å²) in [6.07, 6.45) is 9.12. The van der Waals surface area contributed by atoms with E-state index in [9.17, 15) is 0 Å². The number of pyridine rings is 1. The molecule has 3 aliphatic rings. The van der Waals surface area contributed by atoms with E-state index in [4.69, 9.17) is 20.5 Å². The van der Waals surface area contributed by atoms with E-state index in [1.807, 2.05) is 27.2 Å². The Bertz CT molecular complexity index is 1140. The van der Waals surface area contributed by atoms with Crippen molar-refractivity contribution in [1.29, 1.82) is 0 Å². The average molecular weight is 413 g/mol. The minimum Gasteiger partial charge on any atom is -0.382 e. The fraction of sp³-hybridized carbons (Fsp3) is 0.423. The van der Waals surface area contributed by atoms with Crippen LogP contribution in [0.3, 0.4) is 0 Å². The first-order valence-electron chi connectivity index (χ1n) is 11.0. The molecule has 2 aliphatic carbocycles. The van der Waals surface area contributed by atoms with Crippen LogP contribution in [0.4, 0.5) is 0 Å². The molecule has 1 unspecified atom stereocenters. The smallest absolute Gasteiger partial charge is 0.184 e. The summed E-state index contributed by atoms with van der Waals surface area (Å²) in [6, 6.07) is 8.77. The van der Waals surface area contributed by atoms with Gasteiger partial charge in [-0.1, -0.05) is 24.1 Å². The Morgan fingerprint density at radius 1 is 1.10 bits per heavy atom. The van der Waals surface area contributed by atoms with Crippen LogP contribution in [-0.2, 0) is 16.8 Å². The fourth-order valence-electron chi connectivity index (χ4n) is 5.69. The standard InChI is InChI=1S/C26H28N4O/c1-4-5-18-12-21(16-28-15-18)19-6-7-23-20(13-19)14-25(10-8-22(31-3)9-11-25)26(23)29-17(2)24(27)30-26/h6-7,12-13,15-16,22H,8-11,14H2,1-3H3,(H2,27,30). The molecule has 1 fully saturated rings. The number of hydrogen-bond donors (Lipinski definition) is 1. The van der Waals surface area contributed by atoms with Crippen LogP contribution in [0.25, 0.3) is 11.1 Å². The van der Waals surface area contributed by atoms with Crippen LogP contribution in [-0.4, -0.2) is 29.7 Å². The highest BCUT2D eigenvalue weighted by atomic mass is 16.5. The van der Waals surface area contributed by atoms with Gasteiger partial charge in [0.1, 0.15) is 5.84 Å². The van der Waals surface area contributed by atoms with Crippen molar-refractivity contribution in [3.05, 3.63) is 53.3 Å². The first-order valence-corrected chi connectivity index (χ1v) is 11.0. The van der Waals surface area contributed by atoms with Gasteiger partial charge < -0.3 is 10.5 Å². The Labute approximate surface area is 183 Å². The molecule has 5 nitrogen and oxygen atoms in total. The summed E-state index contributed by atoms with van der Waals surface area (Å²) in [5.74, 6) is 6.62. The van der Waals surface area contributed by atoms with E-state index in [0.717, 1.165) is 54.5 Å². The summed E-state index contributed by atoms with van der Waals surface area (Å²) in [6.45, 7) is 3.82. The number of aromatic nitrogens is 1. The second kappa shape index (κ2) is 7.32. The predicted octanol–water partition coefficient (Wildman–Crippen LogP) is 4.24. The predicted molar refractivity (Wildman–Crippen MR) is 124 cm³/mol. The molecule has 1 aromatic heterocycles. The number of nitrogens with zero attached hydrogens (tertiary/aromatic N) is 3. The molecule has 0 saturated heterocycles. The molecule has 31 heavy (non-hydrogen) atoms. The van der Waals surface area contributed by atoms with Crippen LogP contribution in [0.5, 0.6) is 0 Å². The molecule has 1 aliphatic heterocycles. The van der Waals surface area contributed by atoms with E-state index in [-0.39, 0.29) is 5.41 Å². The van der Waals surface area contributed by atoms with Crippen molar-refractivity contribution in [2.45, 2.75) is 57.7 Å². The monoisotopic (exact) mass is 412 g/mol. The molecule has 0 radical (unpaired) electrons. The number of nitrogens with two attached hydrogens (primary N) is 1. The molecule has 5 heteroatoms. The molecular weight excluding hydrogens is 384 g/mol. The van der Waals surface area contributed by atoms with E-state index in [0.29, 0.717) is 11.9 Å². The zero-order valence-electron chi connectivity index (χ0n) is 18.4. The lowest BCUT2D eigenvalue weighted by molar-refractivity contribution is -0.000376. The molecule has 0 amide bonds. The second-order valence-electron chi connectivity index (χ2n) is 8.97. The van der Waals surface area contributed by atoms with Gasteiger partial charge in [-0.25, -0.2) is 4.99 Å². The third kappa shape index (κ3) is 3.01. The molecule has 1 saturated carbocycles. The first-order chi connectivity index (χ1) is 15.0. The lowest BCUT2D eigenvalue weighted by atomic mass is 9.65. The molecule has 2 aromatic rings. The lowest BCUT2D eigenvalue weighted by Crippen LogP contribution is -2.43. The largest absolute Gasteiger partial charge is 0.382 e. The molecule has 1 aromatic carbocycles. The number of hydrogen-bond acceptors (Lipinski definition) is 5. The highest BCUT2D eigenvalue weighted by Crippen LogP contribution is 2.61. The number of amidine groups is 1. The van der Waals surface area contributed by atoms with E-state index in [2.05, 4.69) is 41.1 Å². The lowest BCUT2D eigenvalue weighted by Gasteiger charge is -2.44. The Kier molecular flexibility index (Phi) is 4.71. The van der Waals surface area contributed by atoms with Crippen LogP contribution in [0.2, 0.25) is 0 Å². The molecule has 0 bridgehead atoms. The summed E-state index contributed by atoms with van der Waals surface area (Å²) in [5.41, 5.74) is 12.2. The minimum absolute atomic E-state index is 0.0425. The van der Waals surface area contributed by atoms with Gasteiger partial charge in [0.25, 0.3) is 0 Å². The zero-order chi connectivity index (χ0) is 21.6. The number of fused-ring (bicyclic) bond motifs is 3. The summed E-state index contributed by atoms with van der Waals surface area (Å²) >= 11 is 0. The van der Waals surface area contributed by atoms with E-state index in [1.54, 1.807) is 6.20 Å². The number of aliphatic imine (C=N–C) groups is 2. The van der Waals surface area contributed by atoms with E-state index in [1.165, 1.54) is 11.1 Å². The topological polar surface area (TPSA) is 72.9 Å². The summed E-state index contributed by atoms with van der Waals surface area (Å²) < 4.78 is 5.66. The van der Waals surface area contributed by atoms with Crippen LogP contribution < -0.4 is 5.73 Å². The molecule has 2 N–H and O–H groups in total. The molecule has 2 spiro atoms. The maximum absolute atomic E-state index is 6.27. The van der Waals surface area contributed by atoms with Gasteiger partial charge in [0, 0.05) is 41.6 Å². The zero-order valence-corrected chi connectivity index (χ0v) is 18.4. The molecule has 5 rings (SSSR count). The van der Waals surface area contributed by atoms with Gasteiger partial charge in [0.05, 0.1) is 11.8 Å². The van der Waals surface area contributed by atoms with Gasteiger partial charge >= 0.3 is 0 Å². The third-order valence-corrected chi connectivity index (χ3v) is 7.30. The Morgan fingerprint density at radius 2 is 1.90 bits per heavy atom. The van der Waals surface area contributed by atoms with Gasteiger partial charge in [-0.3, -0.25) is 9.98 Å². The van der Waals surface area contributed by atoms with Gasteiger partial charge in [-0.2, -0.15) is 0 Å². The van der Waals surface area contributed by atoms with E-state index < -0.39 is 5.66 Å². The molecule has 158 valence electrons. The first kappa shape index (κ1) is 20.0. The summed E-state index contributed by atoms with van der Waals surface area (Å²) in [4.78, 5) is 14.5. The highest BCUT2D eigenvalue weighted by molar-refractivity contribution is 6.41. The second-order valence-corrected chi connectivity index (χ2v) is 8.97. The van der Waals surface area contributed by atoms with Gasteiger partial charge in [-0.05, 0) is 63.1 Å². The normalized spacial score (nSPS) is 28.8. The SMILES string of the molecule is CC#Cc1cncc(-c2ccc3c(c2)CC2(CCC(OC)CC2)C32N=C(C)C(N)=N2)c1. The third-order valence-electron chi connectivity index (χ3n) is 7.30. The minimum atomic E-state index is -0.596. The van der Waals surface area contributed by atoms with Crippen LogP contribution in [0, 0.1) is 17.3 Å². The fourth-order valence-corrected chi connectivity index (χ4v) is 5.69. The Morgan fingerprint density at radius 3 is 2.58 bits per heavy atom. The highest BCUT2D eigenvalue weighted by Gasteiger charge is 2.60. The van der Waals surface area contributed by atoms with Crippen molar-refractivity contribution in [2.24, 2.45) is 21.1 Å². The maximum Gasteiger partial charge on any atom is 0.184 e. The van der Waals surface area contributed by atoms with Crippen LogP contribution in [0.15, 0.2) is 46.6 Å². The van der Waals surface area contributed by atoms with Crippen molar-refractivity contribution < 1.29 is 4.74 Å². The molecule has 2 heterocycles. The van der Waals surface area contributed by atoms with E-state index >= 15 is 0 Å². The summed E-state index contributed by atoms with van der Waals surface area (Å²) in [7, 11) is 1.81. The maximum atomic E-state index is 6.27. The Balaban J connectivity index is 1.60. The number of methoxy groups -OCH3 is 1. The molecule has 1 atom stereocenters. The van der Waals surface area contributed by atoms with Gasteiger partial charge in [0.2, 0.25) is 0 Å². The average Bonchev–Trinajstić information content (AvgIpc) is 3.22. The van der Waals surface area contributed by atoms with Crippen molar-refractivity contribution in [3.63, 3.8) is 0 Å². The van der Waals surface area contributed by atoms with Crippen molar-refractivity contribution in [2.75, 3.05) is 7.11 Å². The van der Waals surface area contributed by atoms with Crippen LogP contribution >= 0.6 is 0 Å². The van der Waals surface area contributed by atoms with Gasteiger partial charge in [0.15, 0.2) is 5.66 Å². The quantitative estimate of drug-likeness (QED) is 0.750. The Hall–Kier alpha value is -2.97. The van der Waals surface area contributed by atoms with Gasteiger partial charge in [-0.15, -0.1) is 5.92 Å². The number of ether oxygens (including phenoxy) is 1. The number of rotatable bonds is 2. The van der Waals surface area contributed by atoms with Crippen molar-refractivity contribution in [1.82, 2.24) is 4.98 Å². The number of benzene rings is 1. The summed E-state index contributed by atoms with van der Waals surface area (Å²) in [5, 5.41) is 0. The molecular formula is C26H28N4O. The van der Waals surface area contributed by atoms with Crippen molar-refractivity contribution in [3.8, 4) is 23.0 Å². The van der Waals surface area contributed by atoms with Crippen LogP contribution in [0.1, 0.15) is 56.2 Å².